The Balaban J connectivity index is 1.22. The van der Waals surface area contributed by atoms with Gasteiger partial charge in [-0.1, -0.05) is 71.2 Å². The molecule has 5 atom stereocenters. The second kappa shape index (κ2) is 8.47. The maximum atomic E-state index is 12.9. The van der Waals surface area contributed by atoms with Gasteiger partial charge in [-0.15, -0.1) is 0 Å². The number of halogens is 2. The van der Waals surface area contributed by atoms with Gasteiger partial charge in [0.15, 0.2) is 0 Å². The molecule has 0 N–H and O–H groups in total. The molecule has 4 fully saturated rings. The molecule has 4 bridgehead atoms. The van der Waals surface area contributed by atoms with Gasteiger partial charge in [0, 0.05) is 24.5 Å². The summed E-state index contributed by atoms with van der Waals surface area (Å²) in [6, 6.07) is 20.8. The second-order valence-electron chi connectivity index (χ2n) is 9.53. The van der Waals surface area contributed by atoms with E-state index in [0.717, 1.165) is 29.3 Å². The van der Waals surface area contributed by atoms with Crippen molar-refractivity contribution in [2.24, 2.45) is 11.8 Å². The van der Waals surface area contributed by atoms with Crippen LogP contribution in [0.25, 0.3) is 16.8 Å². The fourth-order valence-electron chi connectivity index (χ4n) is 6.18. The number of esters is 1. The summed E-state index contributed by atoms with van der Waals surface area (Å²) in [5, 5.41) is 3.33. The zero-order valence-electron chi connectivity index (χ0n) is 18.2. The lowest BCUT2D eigenvalue weighted by molar-refractivity contribution is -0.0150. The van der Waals surface area contributed by atoms with Gasteiger partial charge in [-0.25, -0.2) is 4.79 Å². The number of benzene rings is 3. The summed E-state index contributed by atoms with van der Waals surface area (Å²) in [7, 11) is 0. The van der Waals surface area contributed by atoms with Gasteiger partial charge in [0.1, 0.15) is 0 Å². The maximum absolute atomic E-state index is 12.9. The predicted molar refractivity (Wildman–Crippen MR) is 134 cm³/mol. The third kappa shape index (κ3) is 3.86. The van der Waals surface area contributed by atoms with Crippen molar-refractivity contribution >= 4 is 46.0 Å². The number of hydrogen-bond acceptors (Lipinski definition) is 3. The second-order valence-corrected chi connectivity index (χ2v) is 10.3. The first kappa shape index (κ1) is 21.2. The van der Waals surface area contributed by atoms with E-state index in [9.17, 15) is 4.79 Å². The molecule has 3 aromatic carbocycles. The fraction of sp³-hybridized carbons (Fsp3) is 0.321. The van der Waals surface area contributed by atoms with Gasteiger partial charge in [-0.3, -0.25) is 4.90 Å². The summed E-state index contributed by atoms with van der Waals surface area (Å²) in [5.74, 6) is 0.532. The van der Waals surface area contributed by atoms with Crippen molar-refractivity contribution in [1.29, 1.82) is 0 Å². The Kier molecular flexibility index (Phi) is 5.44. The smallest absolute Gasteiger partial charge is 0.338 e. The quantitative estimate of drug-likeness (QED) is 0.384. The van der Waals surface area contributed by atoms with Crippen LogP contribution in [0.5, 0.6) is 0 Å². The summed E-state index contributed by atoms with van der Waals surface area (Å²) in [5.41, 5.74) is 3.10. The molecule has 0 aromatic heterocycles. The standard InChI is InChI=1S/C28H25Cl2NO2/c29-25-9-5-17(12-26(25)30)11-21-15-31-22-8-10-27(31)24(23(21)14-22)16-33-28(32)20-7-6-18-3-1-2-4-19(18)13-20/h1-7,9,11-13,22-24,27H,8,10,14-16H2/b21-11+/t22-,23+,24-,27+/m0/s1. The zero-order chi connectivity index (χ0) is 22.5. The number of fused-ring (bicyclic) bond motifs is 2. The van der Waals surface area contributed by atoms with Crippen LogP contribution in [-0.2, 0) is 4.74 Å². The summed E-state index contributed by atoms with van der Waals surface area (Å²) in [6.45, 7) is 1.46. The van der Waals surface area contributed by atoms with Crippen molar-refractivity contribution in [2.75, 3.05) is 13.2 Å². The van der Waals surface area contributed by atoms with E-state index in [1.54, 1.807) is 0 Å². The van der Waals surface area contributed by atoms with E-state index in [0.29, 0.717) is 46.1 Å². The van der Waals surface area contributed by atoms with Crippen LogP contribution in [0.15, 0.2) is 66.2 Å². The lowest BCUT2D eigenvalue weighted by Crippen LogP contribution is -2.57. The molecule has 168 valence electrons. The van der Waals surface area contributed by atoms with Gasteiger partial charge in [-0.05, 0) is 65.8 Å². The van der Waals surface area contributed by atoms with Crippen LogP contribution in [0.2, 0.25) is 10.0 Å². The van der Waals surface area contributed by atoms with E-state index < -0.39 is 0 Å². The summed E-state index contributed by atoms with van der Waals surface area (Å²) in [4.78, 5) is 15.5. The van der Waals surface area contributed by atoms with Gasteiger partial charge >= 0.3 is 5.97 Å². The monoisotopic (exact) mass is 477 g/mol. The number of rotatable bonds is 4. The van der Waals surface area contributed by atoms with Crippen LogP contribution >= 0.6 is 23.2 Å². The SMILES string of the molecule is O=C(OC[C@H]1[C@@H]2C[C@@H]3CC[C@H]1N3C/C2=C\c1ccc(Cl)c(Cl)c1)c1ccc2ccccc2c1. The van der Waals surface area contributed by atoms with Crippen molar-refractivity contribution in [2.45, 2.75) is 31.3 Å². The molecule has 0 saturated carbocycles. The molecule has 4 aliphatic heterocycles. The van der Waals surface area contributed by atoms with Crippen molar-refractivity contribution in [3.63, 3.8) is 0 Å². The lowest BCUT2D eigenvalue weighted by Gasteiger charge is -2.51. The van der Waals surface area contributed by atoms with Crippen LogP contribution in [0.4, 0.5) is 0 Å². The zero-order valence-corrected chi connectivity index (χ0v) is 19.7. The van der Waals surface area contributed by atoms with Crippen LogP contribution in [0.3, 0.4) is 0 Å². The van der Waals surface area contributed by atoms with Crippen LogP contribution in [0, 0.1) is 11.8 Å². The molecule has 7 rings (SSSR count). The Morgan fingerprint density at radius 2 is 1.85 bits per heavy atom. The van der Waals surface area contributed by atoms with E-state index in [1.165, 1.54) is 18.4 Å². The molecule has 4 heterocycles. The fourth-order valence-corrected chi connectivity index (χ4v) is 6.49. The minimum atomic E-state index is -0.234. The van der Waals surface area contributed by atoms with Crippen LogP contribution < -0.4 is 0 Å². The highest BCUT2D eigenvalue weighted by Crippen LogP contribution is 2.50. The van der Waals surface area contributed by atoms with Gasteiger partial charge in [0.2, 0.25) is 0 Å². The highest BCUT2D eigenvalue weighted by molar-refractivity contribution is 6.42. The number of nitrogens with zero attached hydrogens (tertiary/aromatic N) is 1. The molecular weight excluding hydrogens is 453 g/mol. The molecular formula is C28H25Cl2NO2. The van der Waals surface area contributed by atoms with Crippen molar-refractivity contribution in [1.82, 2.24) is 4.90 Å². The van der Waals surface area contributed by atoms with E-state index >= 15 is 0 Å². The number of hydrogen-bond donors (Lipinski definition) is 0. The average Bonchev–Trinajstić information content (AvgIpc) is 3.15. The number of ether oxygens (including phenoxy) is 1. The summed E-state index contributed by atoms with van der Waals surface area (Å²) < 4.78 is 5.92. The normalized spacial score (nSPS) is 29.0. The van der Waals surface area contributed by atoms with Crippen molar-refractivity contribution in [3.8, 4) is 0 Å². The van der Waals surface area contributed by atoms with E-state index in [1.807, 2.05) is 54.6 Å². The first-order chi connectivity index (χ1) is 16.1. The van der Waals surface area contributed by atoms with Crippen LogP contribution in [-0.4, -0.2) is 36.1 Å². The molecule has 4 saturated heterocycles. The van der Waals surface area contributed by atoms with Gasteiger partial charge < -0.3 is 4.74 Å². The third-order valence-electron chi connectivity index (χ3n) is 7.76. The van der Waals surface area contributed by atoms with Crippen molar-refractivity contribution < 1.29 is 9.53 Å². The van der Waals surface area contributed by atoms with Crippen LogP contribution in [0.1, 0.15) is 35.2 Å². The van der Waals surface area contributed by atoms with Crippen molar-refractivity contribution in [3.05, 3.63) is 87.4 Å². The van der Waals surface area contributed by atoms with E-state index in [2.05, 4.69) is 17.0 Å². The minimum absolute atomic E-state index is 0.234. The molecule has 0 radical (unpaired) electrons. The minimum Gasteiger partial charge on any atom is -0.462 e. The molecule has 33 heavy (non-hydrogen) atoms. The molecule has 1 unspecified atom stereocenters. The Morgan fingerprint density at radius 3 is 2.70 bits per heavy atom. The van der Waals surface area contributed by atoms with Gasteiger partial charge in [0.05, 0.1) is 22.2 Å². The molecule has 3 aromatic rings. The number of piperidine rings is 3. The Morgan fingerprint density at radius 1 is 1.00 bits per heavy atom. The molecule has 0 spiro atoms. The summed E-state index contributed by atoms with van der Waals surface area (Å²) >= 11 is 12.3. The maximum Gasteiger partial charge on any atom is 0.338 e. The lowest BCUT2D eigenvalue weighted by atomic mass is 9.71. The first-order valence-electron chi connectivity index (χ1n) is 11.6. The average molecular weight is 478 g/mol. The summed E-state index contributed by atoms with van der Waals surface area (Å²) in [6.07, 6.45) is 5.84. The highest BCUT2D eigenvalue weighted by Gasteiger charge is 2.52. The number of carbonyl (C=O) groups is 1. The number of carbonyl (C=O) groups excluding carboxylic acids is 1. The Bertz CT molecular complexity index is 1270. The predicted octanol–water partition coefficient (Wildman–Crippen LogP) is 6.87. The Hall–Kier alpha value is -2.33. The van der Waals surface area contributed by atoms with Gasteiger partial charge in [0.25, 0.3) is 0 Å². The molecule has 0 aliphatic carbocycles. The van der Waals surface area contributed by atoms with E-state index in [4.69, 9.17) is 27.9 Å². The Labute approximate surface area is 203 Å². The molecule has 0 amide bonds. The van der Waals surface area contributed by atoms with Gasteiger partial charge in [-0.2, -0.15) is 0 Å². The third-order valence-corrected chi connectivity index (χ3v) is 8.50. The highest BCUT2D eigenvalue weighted by atomic mass is 35.5. The molecule has 3 nitrogen and oxygen atoms in total. The molecule has 5 heteroatoms. The first-order valence-corrected chi connectivity index (χ1v) is 12.4. The van der Waals surface area contributed by atoms with E-state index in [-0.39, 0.29) is 5.97 Å². The topological polar surface area (TPSA) is 29.5 Å². The molecule has 4 aliphatic rings. The largest absolute Gasteiger partial charge is 0.462 e.